The van der Waals surface area contributed by atoms with E-state index in [0.717, 1.165) is 28.2 Å². The lowest BCUT2D eigenvalue weighted by molar-refractivity contribution is 0.0343. The first-order valence-corrected chi connectivity index (χ1v) is 8.69. The average molecular weight is 345 g/mol. The van der Waals surface area contributed by atoms with Crippen molar-refractivity contribution in [3.05, 3.63) is 60.9 Å². The predicted molar refractivity (Wildman–Crippen MR) is 102 cm³/mol. The van der Waals surface area contributed by atoms with Crippen LogP contribution in [-0.4, -0.2) is 35.3 Å². The van der Waals surface area contributed by atoms with Gasteiger partial charge in [-0.15, -0.1) is 0 Å². The lowest BCUT2D eigenvalue weighted by atomic mass is 9.75. The maximum Gasteiger partial charge on any atom is 0.494 e. The summed E-state index contributed by atoms with van der Waals surface area (Å²) in [5, 5.41) is 0. The summed E-state index contributed by atoms with van der Waals surface area (Å²) in [4.78, 5) is 13.6. The Hall–Kier alpha value is -2.57. The van der Waals surface area contributed by atoms with Gasteiger partial charge < -0.3 is 9.31 Å². The molecular weight excluding hydrogens is 325 g/mol. The second-order valence-electron chi connectivity index (χ2n) is 7.22. The van der Waals surface area contributed by atoms with Crippen molar-refractivity contribution in [2.45, 2.75) is 13.8 Å². The zero-order chi connectivity index (χ0) is 18.0. The fourth-order valence-electron chi connectivity index (χ4n) is 2.86. The Morgan fingerprint density at radius 2 is 1.35 bits per heavy atom. The molecule has 1 fully saturated rings. The minimum absolute atomic E-state index is 0.0250. The van der Waals surface area contributed by atoms with Crippen LogP contribution in [0.15, 0.2) is 60.9 Å². The van der Waals surface area contributed by atoms with Crippen LogP contribution in [0.2, 0.25) is 0 Å². The highest BCUT2D eigenvalue weighted by Gasteiger charge is 2.34. The molecule has 0 aromatic carbocycles. The van der Waals surface area contributed by atoms with Crippen molar-refractivity contribution in [2.24, 2.45) is 5.41 Å². The molecule has 0 saturated carbocycles. The standard InChI is InChI=1S/C20H20BN3O2/c1-20(2)13-25-21(26-14-20)15-11-18(16-7-3-5-9-22-16)24-19(12-15)17-8-4-6-10-23-17/h3-12H,13-14H2,1-2H3. The molecule has 130 valence electrons. The Morgan fingerprint density at radius 1 is 0.808 bits per heavy atom. The van der Waals surface area contributed by atoms with Crippen molar-refractivity contribution in [1.29, 1.82) is 0 Å². The highest BCUT2D eigenvalue weighted by Crippen LogP contribution is 2.23. The molecule has 4 rings (SSSR count). The Kier molecular flexibility index (Phi) is 4.53. The summed E-state index contributed by atoms with van der Waals surface area (Å²) in [5.41, 5.74) is 4.13. The highest BCUT2D eigenvalue weighted by atomic mass is 16.6. The molecular formula is C20H20BN3O2. The van der Waals surface area contributed by atoms with Gasteiger partial charge >= 0.3 is 7.12 Å². The molecule has 3 aromatic rings. The molecule has 0 atom stereocenters. The third-order valence-electron chi connectivity index (χ3n) is 4.23. The lowest BCUT2D eigenvalue weighted by Crippen LogP contribution is -2.47. The van der Waals surface area contributed by atoms with Gasteiger partial charge in [0.25, 0.3) is 0 Å². The normalized spacial score (nSPS) is 16.5. The molecule has 0 unspecified atom stereocenters. The Labute approximate surface area is 153 Å². The van der Waals surface area contributed by atoms with E-state index in [2.05, 4.69) is 23.8 Å². The minimum atomic E-state index is -0.407. The molecule has 4 heterocycles. The SMILES string of the molecule is CC1(C)COB(c2cc(-c3ccccn3)nc(-c3ccccn3)c2)OC1. The molecule has 3 aromatic heterocycles. The third kappa shape index (κ3) is 3.66. The molecule has 6 heteroatoms. The Bertz CT molecular complexity index is 820. The van der Waals surface area contributed by atoms with Crippen LogP contribution in [0.1, 0.15) is 13.8 Å². The van der Waals surface area contributed by atoms with Crippen LogP contribution in [0.5, 0.6) is 0 Å². The van der Waals surface area contributed by atoms with E-state index in [1.807, 2.05) is 48.5 Å². The summed E-state index contributed by atoms with van der Waals surface area (Å²) in [7, 11) is -0.407. The summed E-state index contributed by atoms with van der Waals surface area (Å²) < 4.78 is 11.9. The first kappa shape index (κ1) is 16.9. The van der Waals surface area contributed by atoms with Crippen LogP contribution in [0.4, 0.5) is 0 Å². The van der Waals surface area contributed by atoms with Gasteiger partial charge in [0.1, 0.15) is 0 Å². The third-order valence-corrected chi connectivity index (χ3v) is 4.23. The van der Waals surface area contributed by atoms with Gasteiger partial charge in [-0.05, 0) is 41.9 Å². The van der Waals surface area contributed by atoms with E-state index in [1.54, 1.807) is 12.4 Å². The summed E-state index contributed by atoms with van der Waals surface area (Å²) in [6.07, 6.45) is 3.53. The Morgan fingerprint density at radius 3 is 1.81 bits per heavy atom. The summed E-state index contributed by atoms with van der Waals surface area (Å²) in [6.45, 7) is 5.57. The molecule has 5 nitrogen and oxygen atoms in total. The van der Waals surface area contributed by atoms with Crippen LogP contribution >= 0.6 is 0 Å². The van der Waals surface area contributed by atoms with Crippen molar-refractivity contribution in [3.63, 3.8) is 0 Å². The molecule has 26 heavy (non-hydrogen) atoms. The van der Waals surface area contributed by atoms with Crippen LogP contribution < -0.4 is 5.46 Å². The molecule has 0 bridgehead atoms. The zero-order valence-electron chi connectivity index (χ0n) is 14.9. The van der Waals surface area contributed by atoms with Gasteiger partial charge in [-0.25, -0.2) is 4.98 Å². The van der Waals surface area contributed by atoms with Crippen LogP contribution in [0.25, 0.3) is 22.8 Å². The minimum Gasteiger partial charge on any atom is -0.407 e. The number of aromatic nitrogens is 3. The summed E-state index contributed by atoms with van der Waals surface area (Å²) in [5.74, 6) is 0. The first-order valence-electron chi connectivity index (χ1n) is 8.69. The number of hydrogen-bond acceptors (Lipinski definition) is 5. The molecule has 0 radical (unpaired) electrons. The van der Waals surface area contributed by atoms with Gasteiger partial charge in [-0.2, -0.15) is 0 Å². The first-order chi connectivity index (χ1) is 12.6. The fraction of sp³-hybridized carbons (Fsp3) is 0.250. The molecule has 0 amide bonds. The van der Waals surface area contributed by atoms with Crippen LogP contribution in [0.3, 0.4) is 0 Å². The van der Waals surface area contributed by atoms with Gasteiger partial charge in [0.05, 0.1) is 22.8 Å². The van der Waals surface area contributed by atoms with E-state index in [1.165, 1.54) is 0 Å². The number of pyridine rings is 3. The molecule has 1 saturated heterocycles. The van der Waals surface area contributed by atoms with Crippen molar-refractivity contribution >= 4 is 12.6 Å². The molecule has 0 spiro atoms. The maximum absolute atomic E-state index is 5.97. The summed E-state index contributed by atoms with van der Waals surface area (Å²) >= 11 is 0. The largest absolute Gasteiger partial charge is 0.494 e. The van der Waals surface area contributed by atoms with Crippen molar-refractivity contribution in [2.75, 3.05) is 13.2 Å². The predicted octanol–water partition coefficient (Wildman–Crippen LogP) is 2.97. The molecule has 0 aliphatic carbocycles. The highest BCUT2D eigenvalue weighted by molar-refractivity contribution is 6.61. The van der Waals surface area contributed by atoms with Gasteiger partial charge in [-0.3, -0.25) is 9.97 Å². The number of hydrogen-bond donors (Lipinski definition) is 0. The van der Waals surface area contributed by atoms with E-state index < -0.39 is 7.12 Å². The second-order valence-corrected chi connectivity index (χ2v) is 7.22. The monoisotopic (exact) mass is 345 g/mol. The zero-order valence-corrected chi connectivity index (χ0v) is 14.9. The van der Waals surface area contributed by atoms with Gasteiger partial charge in [0, 0.05) is 31.0 Å². The Balaban J connectivity index is 1.76. The topological polar surface area (TPSA) is 57.1 Å². The van der Waals surface area contributed by atoms with E-state index in [9.17, 15) is 0 Å². The van der Waals surface area contributed by atoms with E-state index in [4.69, 9.17) is 14.3 Å². The molecule has 0 N–H and O–H groups in total. The van der Waals surface area contributed by atoms with E-state index in [0.29, 0.717) is 13.2 Å². The van der Waals surface area contributed by atoms with E-state index in [-0.39, 0.29) is 5.41 Å². The van der Waals surface area contributed by atoms with Crippen LogP contribution in [-0.2, 0) is 9.31 Å². The van der Waals surface area contributed by atoms with Crippen molar-refractivity contribution in [1.82, 2.24) is 15.0 Å². The van der Waals surface area contributed by atoms with Gasteiger partial charge in [-0.1, -0.05) is 26.0 Å². The second kappa shape index (κ2) is 6.98. The smallest absolute Gasteiger partial charge is 0.407 e. The fourth-order valence-corrected chi connectivity index (χ4v) is 2.86. The quantitative estimate of drug-likeness (QED) is 0.683. The van der Waals surface area contributed by atoms with Crippen molar-refractivity contribution in [3.8, 4) is 22.8 Å². The maximum atomic E-state index is 5.97. The van der Waals surface area contributed by atoms with E-state index >= 15 is 0 Å². The van der Waals surface area contributed by atoms with Gasteiger partial charge in [0.15, 0.2) is 0 Å². The van der Waals surface area contributed by atoms with Gasteiger partial charge in [0.2, 0.25) is 0 Å². The summed E-state index contributed by atoms with van der Waals surface area (Å²) in [6, 6.07) is 15.5. The molecule has 1 aliphatic rings. The van der Waals surface area contributed by atoms with Crippen LogP contribution in [0, 0.1) is 5.41 Å². The van der Waals surface area contributed by atoms with Crippen molar-refractivity contribution < 1.29 is 9.31 Å². The molecule has 1 aliphatic heterocycles. The number of rotatable bonds is 3. The number of nitrogens with zero attached hydrogens (tertiary/aromatic N) is 3. The average Bonchev–Trinajstić information content (AvgIpc) is 2.69. The lowest BCUT2D eigenvalue weighted by Gasteiger charge is -2.33.